The van der Waals surface area contributed by atoms with Crippen LogP contribution in [0.1, 0.15) is 33.1 Å². The average molecular weight is 202 g/mol. The second kappa shape index (κ2) is 4.56. The van der Waals surface area contributed by atoms with E-state index in [1.54, 1.807) is 0 Å². The number of hydrogen-bond acceptors (Lipinski definition) is 2. The summed E-state index contributed by atoms with van der Waals surface area (Å²) in [4.78, 5) is 0. The summed E-state index contributed by atoms with van der Waals surface area (Å²) in [6.07, 6.45) is 12.0. The molecule has 2 rings (SSSR count). The first-order valence-corrected chi connectivity index (χ1v) is 5.87. The minimum atomic E-state index is 0.367. The monoisotopic (exact) mass is 202 g/mol. The van der Waals surface area contributed by atoms with Gasteiger partial charge < -0.3 is 0 Å². The van der Waals surface area contributed by atoms with Crippen molar-refractivity contribution in [2.45, 2.75) is 33.1 Å². The molecule has 0 saturated heterocycles. The van der Waals surface area contributed by atoms with Gasteiger partial charge in [-0.2, -0.15) is 10.2 Å². The van der Waals surface area contributed by atoms with Crippen LogP contribution in [0.3, 0.4) is 0 Å². The second-order valence-corrected chi connectivity index (χ2v) is 4.17. The van der Waals surface area contributed by atoms with Gasteiger partial charge in [-0.25, -0.2) is 0 Å². The van der Waals surface area contributed by atoms with E-state index >= 15 is 0 Å². The lowest BCUT2D eigenvalue weighted by atomic mass is 9.83. The normalized spacial score (nSPS) is 24.8. The van der Waals surface area contributed by atoms with Crippen LogP contribution in [0.25, 0.3) is 0 Å². The van der Waals surface area contributed by atoms with Crippen molar-refractivity contribution in [3.05, 3.63) is 24.3 Å². The summed E-state index contributed by atoms with van der Waals surface area (Å²) in [5, 5.41) is 8.63. The van der Waals surface area contributed by atoms with Crippen LogP contribution in [0, 0.1) is 11.8 Å². The van der Waals surface area contributed by atoms with Gasteiger partial charge >= 0.3 is 0 Å². The highest BCUT2D eigenvalue weighted by Crippen LogP contribution is 2.26. The van der Waals surface area contributed by atoms with E-state index in [2.05, 4.69) is 42.3 Å². The van der Waals surface area contributed by atoms with E-state index in [9.17, 15) is 0 Å². The van der Waals surface area contributed by atoms with Gasteiger partial charge in [0.25, 0.3) is 0 Å². The first-order valence-electron chi connectivity index (χ1n) is 5.87. The van der Waals surface area contributed by atoms with Gasteiger partial charge in [0.2, 0.25) is 0 Å². The van der Waals surface area contributed by atoms with E-state index < -0.39 is 0 Å². The Hall–Kier alpha value is -1.18. The molecule has 80 valence electrons. The van der Waals surface area contributed by atoms with Crippen molar-refractivity contribution in [2.24, 2.45) is 22.0 Å². The van der Waals surface area contributed by atoms with E-state index in [4.69, 9.17) is 0 Å². The van der Waals surface area contributed by atoms with Gasteiger partial charge in [-0.15, -0.1) is 0 Å². The van der Waals surface area contributed by atoms with Gasteiger partial charge in [-0.1, -0.05) is 38.5 Å². The van der Waals surface area contributed by atoms with Crippen LogP contribution >= 0.6 is 0 Å². The van der Waals surface area contributed by atoms with Crippen LogP contribution in [0.2, 0.25) is 0 Å². The molecule has 1 heterocycles. The molecule has 0 aromatic heterocycles. The smallest absolute Gasteiger partial charge is 0.0756 e. The molecule has 0 bridgehead atoms. The molecule has 0 N–H and O–H groups in total. The fourth-order valence-corrected chi connectivity index (χ4v) is 2.30. The quantitative estimate of drug-likeness (QED) is 0.667. The van der Waals surface area contributed by atoms with Crippen molar-refractivity contribution < 1.29 is 0 Å². The van der Waals surface area contributed by atoms with Crippen molar-refractivity contribution in [3.8, 4) is 0 Å². The molecule has 0 aromatic carbocycles. The molecule has 2 nitrogen and oxygen atoms in total. The summed E-state index contributed by atoms with van der Waals surface area (Å²) in [6.45, 7) is 4.47. The number of allylic oxidation sites excluding steroid dienone is 4. The van der Waals surface area contributed by atoms with Gasteiger partial charge in [0.15, 0.2) is 0 Å². The van der Waals surface area contributed by atoms with Crippen LogP contribution in [-0.2, 0) is 0 Å². The van der Waals surface area contributed by atoms with Crippen LogP contribution < -0.4 is 0 Å². The molecule has 2 heteroatoms. The maximum absolute atomic E-state index is 4.37. The molecular weight excluding hydrogens is 184 g/mol. The Morgan fingerprint density at radius 3 is 2.87 bits per heavy atom. The minimum Gasteiger partial charge on any atom is -0.158 e. The summed E-state index contributed by atoms with van der Waals surface area (Å²) in [5.41, 5.74) is 2.39. The fraction of sp³-hybridized carbons (Fsp3) is 0.538. The maximum Gasteiger partial charge on any atom is 0.0756 e. The first kappa shape index (κ1) is 10.3. The lowest BCUT2D eigenvalue weighted by Crippen LogP contribution is -2.25. The van der Waals surface area contributed by atoms with Crippen molar-refractivity contribution in [1.29, 1.82) is 0 Å². The Balaban J connectivity index is 2.13. The molecule has 1 aliphatic carbocycles. The number of hydrogen-bond donors (Lipinski definition) is 0. The Bertz CT molecular complexity index is 348. The van der Waals surface area contributed by atoms with Gasteiger partial charge in [0, 0.05) is 0 Å². The second-order valence-electron chi connectivity index (χ2n) is 4.17. The average Bonchev–Trinajstić information content (AvgIpc) is 2.70. The Morgan fingerprint density at radius 1 is 1.27 bits per heavy atom. The predicted molar refractivity (Wildman–Crippen MR) is 65.3 cm³/mol. The third kappa shape index (κ3) is 1.94. The zero-order valence-electron chi connectivity index (χ0n) is 9.48. The highest BCUT2D eigenvalue weighted by atomic mass is 15.2. The first-order chi connectivity index (χ1) is 7.36. The zero-order valence-corrected chi connectivity index (χ0v) is 9.48. The molecular formula is C13H18N2. The van der Waals surface area contributed by atoms with Gasteiger partial charge in [-0.3, -0.25) is 0 Å². The summed E-state index contributed by atoms with van der Waals surface area (Å²) < 4.78 is 0. The van der Waals surface area contributed by atoms with Crippen LogP contribution in [0.4, 0.5) is 0 Å². The Kier molecular flexibility index (Phi) is 3.14. The standard InChI is InChI=1S/C13H18N2/c1-3-7-10(4-2)13-11-8-5-6-9-12(11)14-15-13/h5-6,8-11H,3-4,7H2,1-2H3. The predicted octanol–water partition coefficient (Wildman–Crippen LogP) is 3.37. The summed E-state index contributed by atoms with van der Waals surface area (Å²) in [5.74, 6) is 0.976. The topological polar surface area (TPSA) is 24.7 Å². The molecule has 0 fully saturated rings. The van der Waals surface area contributed by atoms with E-state index in [1.165, 1.54) is 25.0 Å². The van der Waals surface area contributed by atoms with Crippen molar-refractivity contribution in [2.75, 3.05) is 0 Å². The van der Waals surface area contributed by atoms with Crippen molar-refractivity contribution in [3.63, 3.8) is 0 Å². The maximum atomic E-state index is 4.37. The molecule has 2 unspecified atom stereocenters. The molecule has 1 aliphatic heterocycles. The Labute approximate surface area is 91.5 Å². The molecule has 2 atom stereocenters. The molecule has 0 saturated carbocycles. The fourth-order valence-electron chi connectivity index (χ4n) is 2.30. The van der Waals surface area contributed by atoms with Gasteiger partial charge in [0.05, 0.1) is 17.3 Å². The lowest BCUT2D eigenvalue weighted by molar-refractivity contribution is 0.585. The summed E-state index contributed by atoms with van der Waals surface area (Å²) in [6, 6.07) is 0. The van der Waals surface area contributed by atoms with Crippen LogP contribution in [-0.4, -0.2) is 11.4 Å². The number of fused-ring (bicyclic) bond motifs is 1. The highest BCUT2D eigenvalue weighted by molar-refractivity contribution is 6.17. The Morgan fingerprint density at radius 2 is 2.13 bits per heavy atom. The minimum absolute atomic E-state index is 0.367. The molecule has 2 aliphatic rings. The number of nitrogens with zero attached hydrogens (tertiary/aromatic N) is 2. The summed E-state index contributed by atoms with van der Waals surface area (Å²) >= 11 is 0. The molecule has 0 amide bonds. The zero-order chi connectivity index (χ0) is 10.7. The van der Waals surface area contributed by atoms with E-state index in [1.807, 2.05) is 6.08 Å². The van der Waals surface area contributed by atoms with E-state index in [0.717, 1.165) is 5.71 Å². The SMILES string of the molecule is CCCC(CC)C1=NN=C2C=CC=CC21. The summed E-state index contributed by atoms with van der Waals surface area (Å²) in [7, 11) is 0. The third-order valence-electron chi connectivity index (χ3n) is 3.15. The van der Waals surface area contributed by atoms with E-state index in [0.29, 0.717) is 11.8 Å². The van der Waals surface area contributed by atoms with Gasteiger partial charge in [0.1, 0.15) is 0 Å². The van der Waals surface area contributed by atoms with Crippen molar-refractivity contribution in [1.82, 2.24) is 0 Å². The number of rotatable bonds is 4. The largest absolute Gasteiger partial charge is 0.158 e. The van der Waals surface area contributed by atoms with Crippen molar-refractivity contribution >= 4 is 11.4 Å². The highest BCUT2D eigenvalue weighted by Gasteiger charge is 2.29. The van der Waals surface area contributed by atoms with Gasteiger partial charge in [-0.05, 0) is 24.8 Å². The molecule has 0 radical (unpaired) electrons. The lowest BCUT2D eigenvalue weighted by Gasteiger charge is -2.19. The van der Waals surface area contributed by atoms with Crippen LogP contribution in [0.15, 0.2) is 34.5 Å². The molecule has 0 aromatic rings. The van der Waals surface area contributed by atoms with Crippen LogP contribution in [0.5, 0.6) is 0 Å². The third-order valence-corrected chi connectivity index (χ3v) is 3.15. The molecule has 15 heavy (non-hydrogen) atoms. The van der Waals surface area contributed by atoms with E-state index in [-0.39, 0.29) is 0 Å². The molecule has 0 spiro atoms.